The normalized spacial score (nSPS) is 12.1. The van der Waals surface area contributed by atoms with Crippen LogP contribution in [0.5, 0.6) is 17.2 Å². The average Bonchev–Trinajstić information content (AvgIpc) is 3.31. The Hall–Kier alpha value is -3.94. The molecule has 1 N–H and O–H groups in total. The van der Waals surface area contributed by atoms with Crippen LogP contribution in [-0.4, -0.2) is 38.2 Å². The Balaban J connectivity index is 1.16. The fraction of sp³-hybridized carbons (Fsp3) is 0.250. The van der Waals surface area contributed by atoms with E-state index in [1.807, 2.05) is 48.5 Å². The fourth-order valence-electron chi connectivity index (χ4n) is 3.08. The van der Waals surface area contributed by atoms with Gasteiger partial charge in [0.05, 0.1) is 0 Å². The van der Waals surface area contributed by atoms with Gasteiger partial charge < -0.3 is 28.7 Å². The van der Waals surface area contributed by atoms with Gasteiger partial charge in [-0.15, -0.1) is 0 Å². The van der Waals surface area contributed by atoms with Gasteiger partial charge in [-0.2, -0.15) is 0 Å². The first kappa shape index (κ1) is 21.3. The summed E-state index contributed by atoms with van der Waals surface area (Å²) in [7, 11) is 0. The van der Waals surface area contributed by atoms with Gasteiger partial charge in [-0.05, 0) is 48.4 Å². The highest BCUT2D eigenvalue weighted by molar-refractivity contribution is 5.88. The van der Waals surface area contributed by atoms with Crippen LogP contribution >= 0.6 is 0 Å². The molecule has 8 heteroatoms. The number of benzene rings is 2. The number of para-hydroxylation sites is 1. The molecule has 0 unspecified atom stereocenters. The van der Waals surface area contributed by atoms with Crippen LogP contribution in [-0.2, 0) is 22.6 Å². The molecule has 0 saturated carbocycles. The van der Waals surface area contributed by atoms with Crippen LogP contribution in [0.25, 0.3) is 0 Å². The zero-order valence-corrected chi connectivity index (χ0v) is 17.4. The highest BCUT2D eigenvalue weighted by Gasteiger charge is 2.15. The number of furan rings is 1. The van der Waals surface area contributed by atoms with E-state index in [0.29, 0.717) is 43.4 Å². The topological polar surface area (TPSA) is 96.2 Å². The number of rotatable bonds is 9. The molecular formula is C24H23NO7. The lowest BCUT2D eigenvalue weighted by molar-refractivity contribution is -0.124. The molecular weight excluding hydrogens is 414 g/mol. The van der Waals surface area contributed by atoms with Gasteiger partial charge in [0.25, 0.3) is 5.91 Å². The molecule has 1 aliphatic rings. The lowest BCUT2D eigenvalue weighted by atomic mass is 10.1. The Morgan fingerprint density at radius 2 is 1.75 bits per heavy atom. The minimum Gasteiger partial charge on any atom is -0.486 e. The fourth-order valence-corrected chi connectivity index (χ4v) is 3.08. The third kappa shape index (κ3) is 5.81. The molecule has 2 heterocycles. The molecule has 1 aliphatic heterocycles. The van der Waals surface area contributed by atoms with Crippen LogP contribution in [0, 0.1) is 0 Å². The Kier molecular flexibility index (Phi) is 6.91. The second kappa shape index (κ2) is 10.4. The number of hydrogen-bond acceptors (Lipinski definition) is 7. The summed E-state index contributed by atoms with van der Waals surface area (Å²) in [5.41, 5.74) is 1.01. The van der Waals surface area contributed by atoms with E-state index in [9.17, 15) is 9.59 Å². The first-order chi connectivity index (χ1) is 15.7. The average molecular weight is 437 g/mol. The summed E-state index contributed by atoms with van der Waals surface area (Å²) in [5.74, 6) is 1.52. The second-order valence-electron chi connectivity index (χ2n) is 7.02. The van der Waals surface area contributed by atoms with E-state index in [1.54, 1.807) is 6.07 Å². The smallest absolute Gasteiger partial charge is 0.374 e. The first-order valence-electron chi connectivity index (χ1n) is 10.3. The maximum absolute atomic E-state index is 12.1. The predicted molar refractivity (Wildman–Crippen MR) is 114 cm³/mol. The number of nitrogens with one attached hydrogen (secondary N) is 1. The van der Waals surface area contributed by atoms with Gasteiger partial charge in [0.15, 0.2) is 18.1 Å². The summed E-state index contributed by atoms with van der Waals surface area (Å²) < 4.78 is 27.1. The van der Waals surface area contributed by atoms with Crippen molar-refractivity contribution >= 4 is 11.9 Å². The minimum atomic E-state index is -0.710. The third-order valence-corrected chi connectivity index (χ3v) is 4.66. The van der Waals surface area contributed by atoms with Crippen LogP contribution in [0.1, 0.15) is 21.9 Å². The van der Waals surface area contributed by atoms with Gasteiger partial charge in [-0.1, -0.05) is 24.3 Å². The molecule has 0 fully saturated rings. The number of carbonyl (C=O) groups excluding carboxylic acids is 2. The van der Waals surface area contributed by atoms with E-state index in [-0.39, 0.29) is 12.4 Å². The Labute approximate surface area is 185 Å². The van der Waals surface area contributed by atoms with E-state index in [0.717, 1.165) is 11.3 Å². The largest absolute Gasteiger partial charge is 0.486 e. The molecule has 1 amide bonds. The van der Waals surface area contributed by atoms with E-state index in [1.165, 1.54) is 6.07 Å². The van der Waals surface area contributed by atoms with Crippen LogP contribution in [0.15, 0.2) is 65.1 Å². The summed E-state index contributed by atoms with van der Waals surface area (Å²) in [6.45, 7) is 1.25. The van der Waals surface area contributed by atoms with Gasteiger partial charge in [0.1, 0.15) is 31.3 Å². The molecule has 0 radical (unpaired) electrons. The monoisotopic (exact) mass is 437 g/mol. The molecule has 0 spiro atoms. The summed E-state index contributed by atoms with van der Waals surface area (Å²) in [6, 6.07) is 18.1. The van der Waals surface area contributed by atoms with Crippen molar-refractivity contribution in [3.8, 4) is 17.2 Å². The van der Waals surface area contributed by atoms with Gasteiger partial charge >= 0.3 is 5.97 Å². The Morgan fingerprint density at radius 1 is 0.938 bits per heavy atom. The molecule has 0 atom stereocenters. The number of amides is 1. The summed E-state index contributed by atoms with van der Waals surface area (Å²) in [4.78, 5) is 24.1. The predicted octanol–water partition coefficient (Wildman–Crippen LogP) is 3.15. The zero-order valence-electron chi connectivity index (χ0n) is 17.4. The number of hydrogen-bond donors (Lipinski definition) is 1. The maximum atomic E-state index is 12.1. The van der Waals surface area contributed by atoms with Crippen LogP contribution < -0.4 is 19.5 Å². The highest BCUT2D eigenvalue weighted by atomic mass is 16.6. The summed E-state index contributed by atoms with van der Waals surface area (Å²) in [5, 5.41) is 2.72. The molecule has 0 saturated heterocycles. The standard InChI is InChI=1S/C24H23NO7/c26-23(25-11-10-17-6-8-20-22(14-17)29-13-12-28-20)16-31-24(27)21-9-7-19(32-21)15-30-18-4-2-1-3-5-18/h1-9,14H,10-13,15-16H2,(H,25,26). The molecule has 0 aliphatic carbocycles. The summed E-state index contributed by atoms with van der Waals surface area (Å²) in [6.07, 6.45) is 0.610. The zero-order chi connectivity index (χ0) is 22.2. The molecule has 3 aromatic rings. The van der Waals surface area contributed by atoms with Gasteiger partial charge in [0, 0.05) is 6.54 Å². The highest BCUT2D eigenvalue weighted by Crippen LogP contribution is 2.30. The lowest BCUT2D eigenvalue weighted by Crippen LogP contribution is -2.30. The number of esters is 1. The van der Waals surface area contributed by atoms with Crippen LogP contribution in [0.3, 0.4) is 0 Å². The first-order valence-corrected chi connectivity index (χ1v) is 10.3. The van der Waals surface area contributed by atoms with Crippen molar-refractivity contribution in [3.63, 3.8) is 0 Å². The molecule has 1 aromatic heterocycles. The van der Waals surface area contributed by atoms with Crippen molar-refractivity contribution in [2.24, 2.45) is 0 Å². The number of carbonyl (C=O) groups is 2. The number of ether oxygens (including phenoxy) is 4. The third-order valence-electron chi connectivity index (χ3n) is 4.66. The Bertz CT molecular complexity index is 1060. The van der Waals surface area contributed by atoms with Crippen molar-refractivity contribution in [2.45, 2.75) is 13.0 Å². The van der Waals surface area contributed by atoms with Crippen molar-refractivity contribution in [3.05, 3.63) is 77.7 Å². The molecule has 166 valence electrons. The molecule has 0 bridgehead atoms. The molecule has 8 nitrogen and oxygen atoms in total. The summed E-state index contributed by atoms with van der Waals surface area (Å²) >= 11 is 0. The molecule has 4 rings (SSSR count). The molecule has 2 aromatic carbocycles. The maximum Gasteiger partial charge on any atom is 0.374 e. The SMILES string of the molecule is O=C(COC(=O)c1ccc(COc2ccccc2)o1)NCCc1ccc2c(c1)OCCO2. The second-order valence-corrected chi connectivity index (χ2v) is 7.02. The van der Waals surface area contributed by atoms with Crippen molar-refractivity contribution in [2.75, 3.05) is 26.4 Å². The van der Waals surface area contributed by atoms with Crippen molar-refractivity contribution in [1.82, 2.24) is 5.32 Å². The van der Waals surface area contributed by atoms with Crippen molar-refractivity contribution in [1.29, 1.82) is 0 Å². The van der Waals surface area contributed by atoms with Gasteiger partial charge in [-0.25, -0.2) is 4.79 Å². The number of fused-ring (bicyclic) bond motifs is 1. The van der Waals surface area contributed by atoms with E-state index < -0.39 is 18.5 Å². The van der Waals surface area contributed by atoms with Crippen LogP contribution in [0.2, 0.25) is 0 Å². The van der Waals surface area contributed by atoms with Gasteiger partial charge in [-0.3, -0.25) is 4.79 Å². The van der Waals surface area contributed by atoms with Crippen molar-refractivity contribution < 1.29 is 33.0 Å². The lowest BCUT2D eigenvalue weighted by Gasteiger charge is -2.18. The minimum absolute atomic E-state index is 0.0146. The Morgan fingerprint density at radius 3 is 2.59 bits per heavy atom. The van der Waals surface area contributed by atoms with E-state index in [4.69, 9.17) is 23.4 Å². The van der Waals surface area contributed by atoms with E-state index in [2.05, 4.69) is 5.32 Å². The molecule has 32 heavy (non-hydrogen) atoms. The van der Waals surface area contributed by atoms with E-state index >= 15 is 0 Å². The quantitative estimate of drug-likeness (QED) is 0.514. The van der Waals surface area contributed by atoms with Gasteiger partial charge in [0.2, 0.25) is 5.76 Å². The van der Waals surface area contributed by atoms with Crippen LogP contribution in [0.4, 0.5) is 0 Å².